The lowest BCUT2D eigenvalue weighted by atomic mass is 9.95. The molecule has 8 heteroatoms. The summed E-state index contributed by atoms with van der Waals surface area (Å²) in [4.78, 5) is 19.2. The first-order chi connectivity index (χ1) is 14.7. The van der Waals surface area contributed by atoms with Crippen LogP contribution in [0, 0.1) is 5.82 Å². The standard InChI is InChI=1S/C22H29FN4O3/c23-17-11-9-16(10-12-17)14-29-15-20-25-21(26-30-20)19-8-4-5-13-27(19)22(28)24-18-6-2-1-3-7-18/h9-12,18-19H,1-8,13-15H2,(H,24,28). The van der Waals surface area contributed by atoms with Crippen LogP contribution in [0.5, 0.6) is 0 Å². The van der Waals surface area contributed by atoms with Crippen LogP contribution in [0.15, 0.2) is 28.8 Å². The van der Waals surface area contributed by atoms with E-state index in [0.717, 1.165) is 37.7 Å². The van der Waals surface area contributed by atoms with Gasteiger partial charge in [0.2, 0.25) is 0 Å². The Morgan fingerprint density at radius 1 is 1.10 bits per heavy atom. The number of rotatable bonds is 6. The van der Waals surface area contributed by atoms with Crippen LogP contribution in [-0.4, -0.2) is 33.7 Å². The fraction of sp³-hybridized carbons (Fsp3) is 0.591. The Morgan fingerprint density at radius 3 is 2.67 bits per heavy atom. The Hall–Kier alpha value is -2.48. The zero-order valence-electron chi connectivity index (χ0n) is 17.2. The lowest BCUT2D eigenvalue weighted by Crippen LogP contribution is -2.48. The molecule has 4 rings (SSSR count). The second-order valence-corrected chi connectivity index (χ2v) is 8.15. The van der Waals surface area contributed by atoms with E-state index in [0.29, 0.717) is 24.9 Å². The van der Waals surface area contributed by atoms with E-state index in [1.807, 2.05) is 4.90 Å². The Bertz CT molecular complexity index is 820. The molecule has 1 atom stereocenters. The number of likely N-dealkylation sites (tertiary alicyclic amines) is 1. The minimum absolute atomic E-state index is 0.0227. The molecule has 1 unspecified atom stereocenters. The summed E-state index contributed by atoms with van der Waals surface area (Å²) in [5, 5.41) is 7.32. The van der Waals surface area contributed by atoms with E-state index in [2.05, 4.69) is 15.5 Å². The van der Waals surface area contributed by atoms with Crippen LogP contribution in [-0.2, 0) is 18.0 Å². The van der Waals surface area contributed by atoms with E-state index >= 15 is 0 Å². The van der Waals surface area contributed by atoms with Gasteiger partial charge in [0.1, 0.15) is 12.4 Å². The van der Waals surface area contributed by atoms with Crippen molar-refractivity contribution >= 4 is 6.03 Å². The minimum atomic E-state index is -0.273. The van der Waals surface area contributed by atoms with Crippen molar-refractivity contribution in [2.75, 3.05) is 6.54 Å². The highest BCUT2D eigenvalue weighted by Gasteiger charge is 2.32. The Balaban J connectivity index is 1.33. The molecule has 1 saturated heterocycles. The van der Waals surface area contributed by atoms with Gasteiger partial charge in [0.05, 0.1) is 12.6 Å². The first-order valence-corrected chi connectivity index (χ1v) is 10.9. The van der Waals surface area contributed by atoms with E-state index in [9.17, 15) is 9.18 Å². The Morgan fingerprint density at radius 2 is 1.87 bits per heavy atom. The van der Waals surface area contributed by atoms with Gasteiger partial charge in [-0.1, -0.05) is 36.6 Å². The molecule has 2 heterocycles. The number of benzene rings is 1. The molecule has 162 valence electrons. The van der Waals surface area contributed by atoms with Crippen LogP contribution in [0.3, 0.4) is 0 Å². The molecular weight excluding hydrogens is 387 g/mol. The van der Waals surface area contributed by atoms with Gasteiger partial charge in [-0.25, -0.2) is 9.18 Å². The summed E-state index contributed by atoms with van der Waals surface area (Å²) in [6.45, 7) is 1.21. The summed E-state index contributed by atoms with van der Waals surface area (Å²) in [5.74, 6) is 0.643. The van der Waals surface area contributed by atoms with E-state index in [1.54, 1.807) is 12.1 Å². The topological polar surface area (TPSA) is 80.5 Å². The molecule has 2 aromatic rings. The van der Waals surface area contributed by atoms with Gasteiger partial charge in [0.15, 0.2) is 5.82 Å². The molecule has 1 aromatic carbocycles. The van der Waals surface area contributed by atoms with E-state index in [-0.39, 0.29) is 30.5 Å². The first kappa shape index (κ1) is 20.8. The largest absolute Gasteiger partial charge is 0.367 e. The van der Waals surface area contributed by atoms with Crippen LogP contribution < -0.4 is 5.32 Å². The van der Waals surface area contributed by atoms with Crippen molar-refractivity contribution in [2.45, 2.75) is 76.7 Å². The summed E-state index contributed by atoms with van der Waals surface area (Å²) < 4.78 is 23.9. The highest BCUT2D eigenvalue weighted by Crippen LogP contribution is 2.30. The van der Waals surface area contributed by atoms with Crippen molar-refractivity contribution in [3.8, 4) is 0 Å². The molecule has 1 saturated carbocycles. The molecule has 2 fully saturated rings. The number of nitrogens with zero attached hydrogens (tertiary/aromatic N) is 3. The number of halogens is 1. The third-order valence-electron chi connectivity index (χ3n) is 5.89. The van der Waals surface area contributed by atoms with Gasteiger partial charge in [-0.3, -0.25) is 0 Å². The van der Waals surface area contributed by atoms with Crippen molar-refractivity contribution in [1.82, 2.24) is 20.4 Å². The highest BCUT2D eigenvalue weighted by molar-refractivity contribution is 5.75. The van der Waals surface area contributed by atoms with Crippen molar-refractivity contribution in [1.29, 1.82) is 0 Å². The molecule has 1 aliphatic heterocycles. The molecule has 2 amide bonds. The first-order valence-electron chi connectivity index (χ1n) is 10.9. The van der Waals surface area contributed by atoms with Gasteiger partial charge in [0, 0.05) is 12.6 Å². The van der Waals surface area contributed by atoms with Crippen LogP contribution >= 0.6 is 0 Å². The molecule has 1 aromatic heterocycles. The maximum Gasteiger partial charge on any atom is 0.318 e. The number of hydrogen-bond donors (Lipinski definition) is 1. The van der Waals surface area contributed by atoms with Crippen molar-refractivity contribution < 1.29 is 18.4 Å². The van der Waals surface area contributed by atoms with Crippen molar-refractivity contribution in [3.63, 3.8) is 0 Å². The molecule has 0 spiro atoms. The van der Waals surface area contributed by atoms with E-state index in [1.165, 1.54) is 31.4 Å². The number of hydrogen-bond acceptors (Lipinski definition) is 5. The number of carbonyl (C=O) groups excluding carboxylic acids is 1. The lowest BCUT2D eigenvalue weighted by molar-refractivity contribution is 0.0849. The number of amides is 2. The normalized spacial score (nSPS) is 20.3. The summed E-state index contributed by atoms with van der Waals surface area (Å²) in [6.07, 6.45) is 8.58. The predicted octanol–water partition coefficient (Wildman–Crippen LogP) is 4.49. The highest BCUT2D eigenvalue weighted by atomic mass is 19.1. The Labute approximate surface area is 176 Å². The maximum absolute atomic E-state index is 13.0. The molecule has 2 aliphatic rings. The van der Waals surface area contributed by atoms with Crippen molar-refractivity contribution in [2.24, 2.45) is 0 Å². The summed E-state index contributed by atoms with van der Waals surface area (Å²) in [5.41, 5.74) is 0.869. The van der Waals surface area contributed by atoms with Gasteiger partial charge >= 0.3 is 6.03 Å². The second kappa shape index (κ2) is 10.0. The van der Waals surface area contributed by atoms with Crippen LogP contribution in [0.4, 0.5) is 9.18 Å². The Kier molecular flexibility index (Phi) is 6.94. The van der Waals surface area contributed by atoms with Gasteiger partial charge in [-0.05, 0) is 49.8 Å². The zero-order valence-corrected chi connectivity index (χ0v) is 17.2. The predicted molar refractivity (Wildman–Crippen MR) is 108 cm³/mol. The fourth-order valence-corrected chi connectivity index (χ4v) is 4.25. The second-order valence-electron chi connectivity index (χ2n) is 8.15. The monoisotopic (exact) mass is 416 g/mol. The zero-order chi connectivity index (χ0) is 20.8. The molecule has 1 aliphatic carbocycles. The third-order valence-corrected chi connectivity index (χ3v) is 5.89. The van der Waals surface area contributed by atoms with E-state index < -0.39 is 0 Å². The molecule has 0 radical (unpaired) electrons. The molecular formula is C22H29FN4O3. The number of aromatic nitrogens is 2. The molecule has 1 N–H and O–H groups in total. The van der Waals surface area contributed by atoms with Crippen LogP contribution in [0.25, 0.3) is 0 Å². The van der Waals surface area contributed by atoms with Gasteiger partial charge in [0.25, 0.3) is 5.89 Å². The average molecular weight is 416 g/mol. The van der Waals surface area contributed by atoms with Gasteiger partial charge in [-0.15, -0.1) is 0 Å². The molecule has 7 nitrogen and oxygen atoms in total. The number of ether oxygens (including phenoxy) is 1. The number of carbonyl (C=O) groups is 1. The lowest BCUT2D eigenvalue weighted by Gasteiger charge is -2.35. The molecule has 0 bridgehead atoms. The van der Waals surface area contributed by atoms with E-state index in [4.69, 9.17) is 9.26 Å². The maximum atomic E-state index is 13.0. The van der Waals surface area contributed by atoms with Crippen molar-refractivity contribution in [3.05, 3.63) is 47.4 Å². The summed E-state index contributed by atoms with van der Waals surface area (Å²) in [7, 11) is 0. The summed E-state index contributed by atoms with van der Waals surface area (Å²) >= 11 is 0. The van der Waals surface area contributed by atoms with Gasteiger partial charge < -0.3 is 19.5 Å². The molecule has 30 heavy (non-hydrogen) atoms. The number of urea groups is 1. The van der Waals surface area contributed by atoms with Crippen LogP contribution in [0.1, 0.15) is 74.7 Å². The smallest absolute Gasteiger partial charge is 0.318 e. The summed E-state index contributed by atoms with van der Waals surface area (Å²) in [6, 6.07) is 6.25. The third kappa shape index (κ3) is 5.36. The SMILES string of the molecule is O=C(NC1CCCCC1)N1CCCCC1c1noc(COCc2ccc(F)cc2)n1. The fourth-order valence-electron chi connectivity index (χ4n) is 4.25. The number of nitrogens with one attached hydrogen (secondary N) is 1. The quantitative estimate of drug-likeness (QED) is 0.750. The minimum Gasteiger partial charge on any atom is -0.367 e. The average Bonchev–Trinajstić information content (AvgIpc) is 3.25. The number of piperidine rings is 1. The van der Waals surface area contributed by atoms with Crippen LogP contribution in [0.2, 0.25) is 0 Å². The van der Waals surface area contributed by atoms with Gasteiger partial charge in [-0.2, -0.15) is 4.98 Å².